The fourth-order valence-corrected chi connectivity index (χ4v) is 2.60. The molecule has 1 aromatic heterocycles. The molecule has 7 heteroatoms. The Labute approximate surface area is 141 Å². The van der Waals surface area contributed by atoms with E-state index in [4.69, 9.17) is 10.3 Å². The molecule has 24 heavy (non-hydrogen) atoms. The van der Waals surface area contributed by atoms with Crippen molar-refractivity contribution < 1.29 is 9.32 Å². The standard InChI is InChI=1S/C17H23N5O2/c1-2-10-19-16(23)20-13-6-4-12(5-7-13)11-14-21-15(22-24-14)17(18)8-3-9-17/h4-7H,2-3,8-11,18H2,1H3,(H2,19,20,23). The zero-order chi connectivity index (χ0) is 17.0. The number of aromatic nitrogens is 2. The Morgan fingerprint density at radius 2 is 2.08 bits per heavy atom. The number of anilines is 1. The predicted molar refractivity (Wildman–Crippen MR) is 90.6 cm³/mol. The zero-order valence-electron chi connectivity index (χ0n) is 13.8. The number of hydrogen-bond donors (Lipinski definition) is 3. The number of amides is 2. The molecule has 7 nitrogen and oxygen atoms in total. The van der Waals surface area contributed by atoms with E-state index in [1.54, 1.807) is 0 Å². The van der Waals surface area contributed by atoms with Crippen LogP contribution in [0.15, 0.2) is 28.8 Å². The molecule has 0 atom stereocenters. The second-order valence-electron chi connectivity index (χ2n) is 6.28. The van der Waals surface area contributed by atoms with Crippen LogP contribution in [0.2, 0.25) is 0 Å². The fraction of sp³-hybridized carbons (Fsp3) is 0.471. The number of nitrogens with two attached hydrogens (primary N) is 1. The minimum Gasteiger partial charge on any atom is -0.339 e. The summed E-state index contributed by atoms with van der Waals surface area (Å²) >= 11 is 0. The van der Waals surface area contributed by atoms with Crippen LogP contribution in [0.1, 0.15) is 49.9 Å². The van der Waals surface area contributed by atoms with Crippen LogP contribution >= 0.6 is 0 Å². The van der Waals surface area contributed by atoms with Crippen molar-refractivity contribution in [1.29, 1.82) is 0 Å². The Morgan fingerprint density at radius 1 is 1.33 bits per heavy atom. The van der Waals surface area contributed by atoms with Gasteiger partial charge in [-0.1, -0.05) is 24.2 Å². The summed E-state index contributed by atoms with van der Waals surface area (Å²) in [5.74, 6) is 1.16. The second-order valence-corrected chi connectivity index (χ2v) is 6.28. The molecule has 0 unspecified atom stereocenters. The lowest BCUT2D eigenvalue weighted by atomic mass is 9.77. The molecule has 3 rings (SSSR count). The van der Waals surface area contributed by atoms with Crippen molar-refractivity contribution in [3.8, 4) is 0 Å². The van der Waals surface area contributed by atoms with Crippen molar-refractivity contribution in [2.45, 2.75) is 44.6 Å². The summed E-state index contributed by atoms with van der Waals surface area (Å²) < 4.78 is 5.31. The first-order chi connectivity index (χ1) is 11.6. The SMILES string of the molecule is CCCNC(=O)Nc1ccc(Cc2nc(C3(N)CCC3)no2)cc1. The molecule has 128 valence electrons. The molecule has 2 amide bonds. The predicted octanol–water partition coefficient (Wildman–Crippen LogP) is 2.53. The lowest BCUT2D eigenvalue weighted by Gasteiger charge is -2.34. The van der Waals surface area contributed by atoms with Gasteiger partial charge in [-0.25, -0.2) is 4.79 Å². The minimum atomic E-state index is -0.401. The number of hydrogen-bond acceptors (Lipinski definition) is 5. The van der Waals surface area contributed by atoms with Crippen LogP contribution in [0, 0.1) is 0 Å². The number of benzene rings is 1. The minimum absolute atomic E-state index is 0.195. The average Bonchev–Trinajstić information content (AvgIpc) is 3.01. The van der Waals surface area contributed by atoms with Crippen molar-refractivity contribution in [3.63, 3.8) is 0 Å². The van der Waals surface area contributed by atoms with Crippen molar-refractivity contribution in [3.05, 3.63) is 41.5 Å². The molecule has 1 aliphatic rings. The molecule has 1 saturated carbocycles. The van der Waals surface area contributed by atoms with Gasteiger partial charge >= 0.3 is 6.03 Å². The van der Waals surface area contributed by atoms with Gasteiger partial charge in [-0.05, 0) is 43.4 Å². The molecule has 2 aromatic rings. The summed E-state index contributed by atoms with van der Waals surface area (Å²) in [5.41, 5.74) is 7.58. The molecule has 0 bridgehead atoms. The van der Waals surface area contributed by atoms with Crippen molar-refractivity contribution >= 4 is 11.7 Å². The van der Waals surface area contributed by atoms with E-state index in [0.717, 1.165) is 36.9 Å². The van der Waals surface area contributed by atoms with Gasteiger partial charge in [0.25, 0.3) is 0 Å². The maximum atomic E-state index is 11.6. The van der Waals surface area contributed by atoms with Gasteiger partial charge in [0.1, 0.15) is 0 Å². The smallest absolute Gasteiger partial charge is 0.319 e. The Bertz CT molecular complexity index is 691. The molecule has 1 aliphatic carbocycles. The monoisotopic (exact) mass is 329 g/mol. The number of carbonyl (C=O) groups excluding carboxylic acids is 1. The Hall–Kier alpha value is -2.41. The van der Waals surface area contributed by atoms with Crippen molar-refractivity contribution in [1.82, 2.24) is 15.5 Å². The molecule has 1 fully saturated rings. The van der Waals surface area contributed by atoms with Gasteiger partial charge in [0, 0.05) is 12.2 Å². The van der Waals surface area contributed by atoms with Crippen LogP contribution in [-0.2, 0) is 12.0 Å². The van der Waals surface area contributed by atoms with Gasteiger partial charge in [-0.3, -0.25) is 0 Å². The lowest BCUT2D eigenvalue weighted by Crippen LogP contribution is -2.44. The first-order valence-corrected chi connectivity index (χ1v) is 8.35. The van der Waals surface area contributed by atoms with Gasteiger partial charge in [0.15, 0.2) is 5.82 Å². The maximum Gasteiger partial charge on any atom is 0.319 e. The Kier molecular flexibility index (Phi) is 4.80. The fourth-order valence-electron chi connectivity index (χ4n) is 2.60. The third-order valence-electron chi connectivity index (χ3n) is 4.26. The van der Waals surface area contributed by atoms with E-state index in [2.05, 4.69) is 20.8 Å². The van der Waals surface area contributed by atoms with Gasteiger partial charge in [-0.15, -0.1) is 0 Å². The van der Waals surface area contributed by atoms with Crippen LogP contribution in [0.4, 0.5) is 10.5 Å². The summed E-state index contributed by atoms with van der Waals surface area (Å²) in [5, 5.41) is 9.57. The third-order valence-corrected chi connectivity index (χ3v) is 4.26. The molecule has 0 saturated heterocycles. The summed E-state index contributed by atoms with van der Waals surface area (Å²) in [6, 6.07) is 7.38. The molecule has 0 aliphatic heterocycles. The highest BCUT2D eigenvalue weighted by atomic mass is 16.5. The summed E-state index contributed by atoms with van der Waals surface area (Å²) in [7, 11) is 0. The molecule has 1 aromatic carbocycles. The normalized spacial score (nSPS) is 15.6. The number of nitrogens with zero attached hydrogens (tertiary/aromatic N) is 2. The van der Waals surface area contributed by atoms with E-state index in [0.29, 0.717) is 24.7 Å². The molecule has 0 spiro atoms. The number of carbonyl (C=O) groups is 1. The zero-order valence-corrected chi connectivity index (χ0v) is 13.8. The van der Waals surface area contributed by atoms with Crippen LogP contribution in [0.5, 0.6) is 0 Å². The van der Waals surface area contributed by atoms with Crippen LogP contribution in [0.25, 0.3) is 0 Å². The Morgan fingerprint density at radius 3 is 2.71 bits per heavy atom. The number of nitrogens with one attached hydrogen (secondary N) is 2. The average molecular weight is 329 g/mol. The highest BCUT2D eigenvalue weighted by molar-refractivity contribution is 5.89. The van der Waals surface area contributed by atoms with E-state index in [1.807, 2.05) is 31.2 Å². The van der Waals surface area contributed by atoms with E-state index in [1.165, 1.54) is 0 Å². The van der Waals surface area contributed by atoms with Crippen molar-refractivity contribution in [2.24, 2.45) is 5.73 Å². The first-order valence-electron chi connectivity index (χ1n) is 8.35. The largest absolute Gasteiger partial charge is 0.339 e. The molecular formula is C17H23N5O2. The van der Waals surface area contributed by atoms with E-state index < -0.39 is 5.54 Å². The summed E-state index contributed by atoms with van der Waals surface area (Å²) in [6.07, 6.45) is 4.38. The van der Waals surface area contributed by atoms with Crippen LogP contribution in [0.3, 0.4) is 0 Å². The number of rotatable bonds is 6. The van der Waals surface area contributed by atoms with E-state index in [9.17, 15) is 4.79 Å². The highest BCUT2D eigenvalue weighted by Crippen LogP contribution is 2.36. The summed E-state index contributed by atoms with van der Waals surface area (Å²) in [6.45, 7) is 2.67. The molecule has 0 radical (unpaired) electrons. The number of urea groups is 1. The highest BCUT2D eigenvalue weighted by Gasteiger charge is 2.38. The molecule has 1 heterocycles. The first kappa shape index (κ1) is 16.4. The summed E-state index contributed by atoms with van der Waals surface area (Å²) in [4.78, 5) is 16.0. The van der Waals surface area contributed by atoms with Gasteiger partial charge < -0.3 is 20.9 Å². The van der Waals surface area contributed by atoms with Gasteiger partial charge in [-0.2, -0.15) is 4.98 Å². The van der Waals surface area contributed by atoms with Crippen LogP contribution in [-0.4, -0.2) is 22.7 Å². The lowest BCUT2D eigenvalue weighted by molar-refractivity contribution is 0.229. The molecule has 4 N–H and O–H groups in total. The quantitative estimate of drug-likeness (QED) is 0.755. The van der Waals surface area contributed by atoms with Crippen molar-refractivity contribution in [2.75, 3.05) is 11.9 Å². The Balaban J connectivity index is 1.57. The van der Waals surface area contributed by atoms with Gasteiger partial charge in [0.05, 0.1) is 12.0 Å². The third kappa shape index (κ3) is 3.73. The topological polar surface area (TPSA) is 106 Å². The second kappa shape index (κ2) is 7.00. The van der Waals surface area contributed by atoms with E-state index in [-0.39, 0.29) is 6.03 Å². The van der Waals surface area contributed by atoms with Gasteiger partial charge in [0.2, 0.25) is 5.89 Å². The molecular weight excluding hydrogens is 306 g/mol. The van der Waals surface area contributed by atoms with E-state index >= 15 is 0 Å². The van der Waals surface area contributed by atoms with Crippen LogP contribution < -0.4 is 16.4 Å². The maximum absolute atomic E-state index is 11.6.